The standard InChI is InChI=1S/C25H25N4O4P/c1-32-23-9-7-18(15-21(23)27-34(31)20-5-3-2-4-6-20)19-8-10-24-26-16-22(29(24)17-19)25(30)28-11-13-33-14-12-28/h2-10,15-17,27,31H,11-14H2,1H3. The first-order chi connectivity index (χ1) is 16.6. The predicted molar refractivity (Wildman–Crippen MR) is 133 cm³/mol. The summed E-state index contributed by atoms with van der Waals surface area (Å²) < 4.78 is 12.7. The Labute approximate surface area is 198 Å². The number of nitrogens with zero attached hydrogens (tertiary/aromatic N) is 3. The molecule has 2 N–H and O–H groups in total. The number of anilines is 1. The van der Waals surface area contributed by atoms with Gasteiger partial charge in [0.25, 0.3) is 5.91 Å². The predicted octanol–water partition coefficient (Wildman–Crippen LogP) is 3.52. The van der Waals surface area contributed by atoms with E-state index in [1.165, 1.54) is 0 Å². The third-order valence-corrected chi connectivity index (χ3v) is 7.02. The average Bonchev–Trinajstić information content (AvgIpc) is 3.32. The van der Waals surface area contributed by atoms with Crippen LogP contribution in [0.2, 0.25) is 0 Å². The molecule has 8 nitrogen and oxygen atoms in total. The number of hydrogen-bond donors (Lipinski definition) is 2. The molecule has 0 radical (unpaired) electrons. The highest BCUT2D eigenvalue weighted by molar-refractivity contribution is 7.61. The molecule has 4 aromatic rings. The minimum atomic E-state index is -1.60. The number of amides is 1. The first kappa shape index (κ1) is 22.3. The second-order valence-electron chi connectivity index (χ2n) is 7.87. The van der Waals surface area contributed by atoms with Gasteiger partial charge in [0.15, 0.2) is 8.30 Å². The molecule has 1 aliphatic heterocycles. The van der Waals surface area contributed by atoms with E-state index in [0.717, 1.165) is 16.4 Å². The van der Waals surface area contributed by atoms with Crippen LogP contribution in [-0.4, -0.2) is 58.5 Å². The average molecular weight is 476 g/mol. The summed E-state index contributed by atoms with van der Waals surface area (Å²) in [6.07, 6.45) is 3.54. The number of ether oxygens (including phenoxy) is 2. The SMILES string of the molecule is COc1ccc(-c2ccc3ncc(C(=O)N4CCOCC4)n3c2)cc1NP(O)c1ccccc1. The molecular formula is C25H25N4O4P. The Morgan fingerprint density at radius 2 is 1.85 bits per heavy atom. The molecule has 1 amide bonds. The van der Waals surface area contributed by atoms with E-state index in [1.807, 2.05) is 71.3 Å². The lowest BCUT2D eigenvalue weighted by molar-refractivity contribution is 0.0298. The maximum Gasteiger partial charge on any atom is 0.272 e. The van der Waals surface area contributed by atoms with E-state index in [1.54, 1.807) is 18.2 Å². The highest BCUT2D eigenvalue weighted by atomic mass is 31.2. The van der Waals surface area contributed by atoms with Crippen LogP contribution in [0, 0.1) is 0 Å². The minimum absolute atomic E-state index is 0.0566. The Morgan fingerprint density at radius 3 is 2.62 bits per heavy atom. The van der Waals surface area contributed by atoms with Gasteiger partial charge in [-0.1, -0.05) is 36.4 Å². The molecule has 1 aliphatic rings. The Balaban J connectivity index is 1.47. The lowest BCUT2D eigenvalue weighted by atomic mass is 10.1. The number of benzene rings is 2. The van der Waals surface area contributed by atoms with Crippen molar-refractivity contribution in [3.05, 3.63) is 78.8 Å². The van der Waals surface area contributed by atoms with E-state index < -0.39 is 8.30 Å². The summed E-state index contributed by atoms with van der Waals surface area (Å²) in [6, 6.07) is 19.1. The van der Waals surface area contributed by atoms with E-state index in [-0.39, 0.29) is 5.91 Å². The lowest BCUT2D eigenvalue weighted by Gasteiger charge is -2.26. The number of imidazole rings is 1. The maximum atomic E-state index is 13.1. The number of rotatable bonds is 6. The Hall–Kier alpha value is -3.45. The van der Waals surface area contributed by atoms with Gasteiger partial charge in [-0.15, -0.1) is 0 Å². The molecule has 0 spiro atoms. The van der Waals surface area contributed by atoms with E-state index in [2.05, 4.69) is 10.1 Å². The molecule has 34 heavy (non-hydrogen) atoms. The Morgan fingerprint density at radius 1 is 1.09 bits per heavy atom. The first-order valence-corrected chi connectivity index (χ1v) is 12.3. The number of methoxy groups -OCH3 is 1. The van der Waals surface area contributed by atoms with Gasteiger partial charge < -0.3 is 24.4 Å². The summed E-state index contributed by atoms with van der Waals surface area (Å²) >= 11 is 0. The zero-order valence-corrected chi connectivity index (χ0v) is 19.6. The maximum absolute atomic E-state index is 13.1. The minimum Gasteiger partial charge on any atom is -0.495 e. The molecule has 1 fully saturated rings. The van der Waals surface area contributed by atoms with Gasteiger partial charge in [0.1, 0.15) is 17.1 Å². The summed E-state index contributed by atoms with van der Waals surface area (Å²) in [6.45, 7) is 2.24. The summed E-state index contributed by atoms with van der Waals surface area (Å²) in [5.41, 5.74) is 3.74. The van der Waals surface area contributed by atoms with E-state index in [4.69, 9.17) is 9.47 Å². The molecule has 9 heteroatoms. The number of aromatic nitrogens is 2. The fraction of sp³-hybridized carbons (Fsp3) is 0.200. The first-order valence-electron chi connectivity index (χ1n) is 11.0. The van der Waals surface area contributed by atoms with Crippen molar-refractivity contribution in [1.82, 2.24) is 14.3 Å². The molecule has 2 aromatic heterocycles. The molecule has 174 valence electrons. The monoisotopic (exact) mass is 476 g/mol. The van der Waals surface area contributed by atoms with Gasteiger partial charge in [0.2, 0.25) is 0 Å². The molecule has 1 saturated heterocycles. The van der Waals surface area contributed by atoms with Gasteiger partial charge >= 0.3 is 0 Å². The number of carbonyl (C=O) groups excluding carboxylic acids is 1. The summed E-state index contributed by atoms with van der Waals surface area (Å²) in [7, 11) is -0.00216. The van der Waals surface area contributed by atoms with Crippen molar-refractivity contribution in [3.63, 3.8) is 0 Å². The fourth-order valence-electron chi connectivity index (χ4n) is 3.96. The van der Waals surface area contributed by atoms with Gasteiger partial charge in [0.05, 0.1) is 32.2 Å². The van der Waals surface area contributed by atoms with Crippen LogP contribution in [0.25, 0.3) is 16.8 Å². The number of carbonyl (C=O) groups is 1. The number of hydrogen-bond acceptors (Lipinski definition) is 6. The molecule has 2 aromatic carbocycles. The van der Waals surface area contributed by atoms with Crippen molar-refractivity contribution in [2.24, 2.45) is 0 Å². The van der Waals surface area contributed by atoms with Crippen molar-refractivity contribution < 1.29 is 19.2 Å². The van der Waals surface area contributed by atoms with Crippen molar-refractivity contribution in [2.45, 2.75) is 0 Å². The molecule has 5 rings (SSSR count). The number of nitrogens with one attached hydrogen (secondary N) is 1. The van der Waals surface area contributed by atoms with Gasteiger partial charge in [-0.25, -0.2) is 4.98 Å². The van der Waals surface area contributed by atoms with Crippen LogP contribution in [0.4, 0.5) is 5.69 Å². The third kappa shape index (κ3) is 4.48. The van der Waals surface area contributed by atoms with E-state index in [9.17, 15) is 9.69 Å². The van der Waals surface area contributed by atoms with Crippen LogP contribution in [-0.2, 0) is 4.74 Å². The number of fused-ring (bicyclic) bond motifs is 1. The van der Waals surface area contributed by atoms with Crippen LogP contribution >= 0.6 is 8.30 Å². The zero-order chi connectivity index (χ0) is 23.5. The van der Waals surface area contributed by atoms with Crippen LogP contribution in [0.15, 0.2) is 73.1 Å². The largest absolute Gasteiger partial charge is 0.495 e. The second kappa shape index (κ2) is 9.81. The van der Waals surface area contributed by atoms with E-state index in [0.29, 0.717) is 49.1 Å². The van der Waals surface area contributed by atoms with Crippen LogP contribution in [0.5, 0.6) is 5.75 Å². The molecule has 0 saturated carbocycles. The van der Waals surface area contributed by atoms with Gasteiger partial charge in [-0.05, 0) is 35.4 Å². The van der Waals surface area contributed by atoms with Crippen LogP contribution < -0.4 is 15.1 Å². The lowest BCUT2D eigenvalue weighted by Crippen LogP contribution is -2.41. The topological polar surface area (TPSA) is 88.3 Å². The molecule has 3 heterocycles. The van der Waals surface area contributed by atoms with Gasteiger partial charge in [-0.3, -0.25) is 9.20 Å². The molecule has 0 bridgehead atoms. The number of morpholine rings is 1. The van der Waals surface area contributed by atoms with E-state index >= 15 is 0 Å². The van der Waals surface area contributed by atoms with Crippen molar-refractivity contribution >= 4 is 30.8 Å². The van der Waals surface area contributed by atoms with Crippen molar-refractivity contribution in [3.8, 4) is 16.9 Å². The van der Waals surface area contributed by atoms with Crippen molar-refractivity contribution in [2.75, 3.05) is 38.5 Å². The van der Waals surface area contributed by atoms with Crippen LogP contribution in [0.3, 0.4) is 0 Å². The van der Waals surface area contributed by atoms with Gasteiger partial charge in [0, 0.05) is 24.6 Å². The molecule has 0 aliphatic carbocycles. The highest BCUT2D eigenvalue weighted by Crippen LogP contribution is 2.38. The Kier molecular flexibility index (Phi) is 6.45. The molecular weight excluding hydrogens is 451 g/mol. The Bertz CT molecular complexity index is 1310. The quantitative estimate of drug-likeness (QED) is 0.414. The summed E-state index contributed by atoms with van der Waals surface area (Å²) in [5, 5.41) is 4.01. The number of pyridine rings is 1. The highest BCUT2D eigenvalue weighted by Gasteiger charge is 2.22. The van der Waals surface area contributed by atoms with Crippen LogP contribution in [0.1, 0.15) is 10.5 Å². The summed E-state index contributed by atoms with van der Waals surface area (Å²) in [5.74, 6) is 0.576. The normalized spacial score (nSPS) is 14.7. The zero-order valence-electron chi connectivity index (χ0n) is 18.7. The van der Waals surface area contributed by atoms with Gasteiger partial charge in [-0.2, -0.15) is 0 Å². The van der Waals surface area contributed by atoms with Crippen molar-refractivity contribution in [1.29, 1.82) is 0 Å². The summed E-state index contributed by atoms with van der Waals surface area (Å²) in [4.78, 5) is 30.0. The molecule has 1 unspecified atom stereocenters. The second-order valence-corrected chi connectivity index (χ2v) is 9.23. The third-order valence-electron chi connectivity index (χ3n) is 5.78. The smallest absolute Gasteiger partial charge is 0.272 e. The fourth-order valence-corrected chi connectivity index (χ4v) is 4.95. The molecule has 1 atom stereocenters.